The van der Waals surface area contributed by atoms with Gasteiger partial charge in [-0.2, -0.15) is 21.7 Å². The number of anilines is 2. The number of carbonyl (C=O) groups is 1. The summed E-state index contributed by atoms with van der Waals surface area (Å²) in [5.74, 6) is 3.50. The van der Waals surface area contributed by atoms with E-state index in [0.717, 1.165) is 12.0 Å². The summed E-state index contributed by atoms with van der Waals surface area (Å²) in [7, 11) is 0. The lowest BCUT2D eigenvalue weighted by atomic mass is 10.1. The number of nitrogens with zero attached hydrogens (tertiary/aromatic N) is 4. The maximum absolute atomic E-state index is 13.2. The Kier molecular flexibility index (Phi) is 8.24. The van der Waals surface area contributed by atoms with Crippen molar-refractivity contribution in [1.82, 2.24) is 24.8 Å². The Balaban J connectivity index is 1.27. The number of aromatic nitrogens is 4. The SMILES string of the molecule is CSC[C@H](Nc1cc(-n2ccnc2)nc(NCCc2ccccc2)n1)C(=O)NCc1ccc2c(c1)OCO2. The Hall–Kier alpha value is -4.25. The van der Waals surface area contributed by atoms with Gasteiger partial charge in [-0.3, -0.25) is 9.36 Å². The number of nitrogens with one attached hydrogen (secondary N) is 3. The van der Waals surface area contributed by atoms with E-state index in [1.54, 1.807) is 28.9 Å². The van der Waals surface area contributed by atoms with Crippen LogP contribution in [0.5, 0.6) is 11.5 Å². The van der Waals surface area contributed by atoms with Crippen molar-refractivity contribution in [2.24, 2.45) is 0 Å². The van der Waals surface area contributed by atoms with Crippen LogP contribution in [-0.4, -0.2) is 56.8 Å². The molecule has 1 atom stereocenters. The van der Waals surface area contributed by atoms with Crippen molar-refractivity contribution in [3.05, 3.63) is 84.4 Å². The van der Waals surface area contributed by atoms with Crippen LogP contribution in [0.1, 0.15) is 11.1 Å². The molecular weight excluding hydrogens is 502 g/mol. The standard InChI is InChI=1S/C27H29N7O3S/c1-38-16-21(26(35)30-15-20-7-8-22-23(13-20)37-18-36-22)31-24-14-25(34-12-11-28-17-34)33-27(32-24)29-10-9-19-5-3-2-4-6-19/h2-8,11-14,17,21H,9-10,15-16,18H2,1H3,(H,30,35)(H2,29,31,32,33)/t21-/m0/s1. The first-order valence-electron chi connectivity index (χ1n) is 12.2. The van der Waals surface area contributed by atoms with Crippen molar-refractivity contribution >= 4 is 29.4 Å². The second-order valence-corrected chi connectivity index (χ2v) is 9.54. The molecule has 10 nitrogen and oxygen atoms in total. The number of fused-ring (bicyclic) bond motifs is 1. The van der Waals surface area contributed by atoms with Crippen LogP contribution in [0.25, 0.3) is 5.82 Å². The number of hydrogen-bond acceptors (Lipinski definition) is 9. The maximum Gasteiger partial charge on any atom is 0.243 e. The van der Waals surface area contributed by atoms with Crippen LogP contribution >= 0.6 is 11.8 Å². The molecule has 0 radical (unpaired) electrons. The molecule has 3 N–H and O–H groups in total. The van der Waals surface area contributed by atoms with E-state index in [2.05, 4.69) is 43.0 Å². The Bertz CT molecular complexity index is 1350. The highest BCUT2D eigenvalue weighted by Crippen LogP contribution is 2.32. The molecule has 3 heterocycles. The third-order valence-electron chi connectivity index (χ3n) is 5.90. The first-order chi connectivity index (χ1) is 18.7. The second-order valence-electron chi connectivity index (χ2n) is 8.63. The van der Waals surface area contributed by atoms with E-state index in [1.165, 1.54) is 5.56 Å². The highest BCUT2D eigenvalue weighted by atomic mass is 32.2. The van der Waals surface area contributed by atoms with E-state index in [9.17, 15) is 4.79 Å². The molecule has 4 aromatic rings. The van der Waals surface area contributed by atoms with Gasteiger partial charge in [0.05, 0.1) is 0 Å². The summed E-state index contributed by atoms with van der Waals surface area (Å²) >= 11 is 1.58. The molecule has 196 valence electrons. The summed E-state index contributed by atoms with van der Waals surface area (Å²) in [6, 6.07) is 17.2. The van der Waals surface area contributed by atoms with Gasteiger partial charge in [0, 0.05) is 37.3 Å². The molecule has 0 aliphatic carbocycles. The van der Waals surface area contributed by atoms with Crippen LogP contribution in [0.15, 0.2) is 73.3 Å². The summed E-state index contributed by atoms with van der Waals surface area (Å²) in [5, 5.41) is 9.64. The second kappa shape index (κ2) is 12.3. The van der Waals surface area contributed by atoms with Gasteiger partial charge in [-0.15, -0.1) is 0 Å². The van der Waals surface area contributed by atoms with Crippen LogP contribution in [-0.2, 0) is 17.8 Å². The van der Waals surface area contributed by atoms with Gasteiger partial charge < -0.3 is 25.4 Å². The molecule has 0 saturated heterocycles. The van der Waals surface area contributed by atoms with Gasteiger partial charge in [0.25, 0.3) is 0 Å². The maximum atomic E-state index is 13.2. The van der Waals surface area contributed by atoms with Gasteiger partial charge in [0.1, 0.15) is 24.0 Å². The summed E-state index contributed by atoms with van der Waals surface area (Å²) in [4.78, 5) is 26.6. The zero-order valence-corrected chi connectivity index (χ0v) is 21.8. The third kappa shape index (κ3) is 6.54. The molecule has 1 amide bonds. The predicted molar refractivity (Wildman–Crippen MR) is 148 cm³/mol. The highest BCUT2D eigenvalue weighted by molar-refractivity contribution is 7.98. The minimum atomic E-state index is -0.498. The number of amides is 1. The van der Waals surface area contributed by atoms with Crippen molar-refractivity contribution in [1.29, 1.82) is 0 Å². The van der Waals surface area contributed by atoms with E-state index < -0.39 is 6.04 Å². The molecule has 0 bridgehead atoms. The van der Waals surface area contributed by atoms with E-state index in [-0.39, 0.29) is 12.7 Å². The molecule has 1 aliphatic heterocycles. The van der Waals surface area contributed by atoms with Crippen LogP contribution in [0.4, 0.5) is 11.8 Å². The molecule has 0 fully saturated rings. The fourth-order valence-corrected chi connectivity index (χ4v) is 4.54. The molecule has 2 aromatic carbocycles. The van der Waals surface area contributed by atoms with Crippen LogP contribution in [0.2, 0.25) is 0 Å². The monoisotopic (exact) mass is 531 g/mol. The number of rotatable bonds is 12. The number of hydrogen-bond donors (Lipinski definition) is 3. The van der Waals surface area contributed by atoms with E-state index in [1.807, 2.05) is 54.9 Å². The predicted octanol–water partition coefficient (Wildman–Crippen LogP) is 3.51. The number of thioether (sulfide) groups is 1. The first-order valence-corrected chi connectivity index (χ1v) is 13.6. The highest BCUT2D eigenvalue weighted by Gasteiger charge is 2.20. The summed E-state index contributed by atoms with van der Waals surface area (Å²) < 4.78 is 12.6. The number of carbonyl (C=O) groups excluding carboxylic acids is 1. The quantitative estimate of drug-likeness (QED) is 0.253. The van der Waals surface area contributed by atoms with Crippen molar-refractivity contribution < 1.29 is 14.3 Å². The molecule has 11 heteroatoms. The summed E-state index contributed by atoms with van der Waals surface area (Å²) in [5.41, 5.74) is 2.16. The number of imidazole rings is 1. The Labute approximate surface area is 225 Å². The zero-order valence-electron chi connectivity index (χ0n) is 21.0. The van der Waals surface area contributed by atoms with Gasteiger partial charge in [0.15, 0.2) is 11.5 Å². The molecular formula is C27H29N7O3S. The zero-order chi connectivity index (χ0) is 26.2. The van der Waals surface area contributed by atoms with E-state index in [0.29, 0.717) is 47.9 Å². The van der Waals surface area contributed by atoms with Crippen LogP contribution in [0.3, 0.4) is 0 Å². The van der Waals surface area contributed by atoms with E-state index in [4.69, 9.17) is 9.47 Å². The minimum Gasteiger partial charge on any atom is -0.454 e. The summed E-state index contributed by atoms with van der Waals surface area (Å²) in [6.45, 7) is 1.26. The van der Waals surface area contributed by atoms with Gasteiger partial charge in [-0.25, -0.2) is 4.98 Å². The molecule has 5 rings (SSSR count). The molecule has 38 heavy (non-hydrogen) atoms. The van der Waals surface area contributed by atoms with Crippen molar-refractivity contribution in [3.8, 4) is 17.3 Å². The fourth-order valence-electron chi connectivity index (χ4n) is 3.97. The average molecular weight is 532 g/mol. The number of benzene rings is 2. The number of ether oxygens (including phenoxy) is 2. The van der Waals surface area contributed by atoms with Gasteiger partial charge >= 0.3 is 0 Å². The molecule has 2 aromatic heterocycles. The smallest absolute Gasteiger partial charge is 0.243 e. The lowest BCUT2D eigenvalue weighted by molar-refractivity contribution is -0.121. The lowest BCUT2D eigenvalue weighted by Crippen LogP contribution is -2.41. The van der Waals surface area contributed by atoms with E-state index >= 15 is 0 Å². The van der Waals surface area contributed by atoms with Crippen molar-refractivity contribution in [2.45, 2.75) is 19.0 Å². The Morgan fingerprint density at radius 3 is 2.76 bits per heavy atom. The minimum absolute atomic E-state index is 0.126. The lowest BCUT2D eigenvalue weighted by Gasteiger charge is -2.19. The normalized spacial score (nSPS) is 12.7. The third-order valence-corrected chi connectivity index (χ3v) is 6.56. The van der Waals surface area contributed by atoms with Crippen LogP contribution < -0.4 is 25.4 Å². The Morgan fingerprint density at radius 1 is 1.08 bits per heavy atom. The van der Waals surface area contributed by atoms with Gasteiger partial charge in [-0.1, -0.05) is 36.4 Å². The largest absolute Gasteiger partial charge is 0.454 e. The molecule has 1 aliphatic rings. The average Bonchev–Trinajstić information content (AvgIpc) is 3.64. The topological polar surface area (TPSA) is 115 Å². The fraction of sp³-hybridized carbons (Fsp3) is 0.259. The molecule has 0 unspecified atom stereocenters. The molecule has 0 saturated carbocycles. The first kappa shape index (κ1) is 25.4. The van der Waals surface area contributed by atoms with Crippen molar-refractivity contribution in [3.63, 3.8) is 0 Å². The van der Waals surface area contributed by atoms with Crippen molar-refractivity contribution in [2.75, 3.05) is 36.0 Å². The molecule has 0 spiro atoms. The summed E-state index contributed by atoms with van der Waals surface area (Å²) in [6.07, 6.45) is 7.99. The van der Waals surface area contributed by atoms with Crippen LogP contribution in [0, 0.1) is 0 Å². The van der Waals surface area contributed by atoms with Gasteiger partial charge in [0.2, 0.25) is 18.6 Å². The Morgan fingerprint density at radius 2 is 1.95 bits per heavy atom. The van der Waals surface area contributed by atoms with Gasteiger partial charge in [-0.05, 0) is 35.9 Å².